The number of ether oxygens (including phenoxy) is 1. The number of halogens is 2. The van der Waals surface area contributed by atoms with Crippen molar-refractivity contribution in [1.29, 1.82) is 0 Å². The number of non-ortho nitro benzene ring substituents is 1. The molecule has 0 radical (unpaired) electrons. The SMILES string of the molecule is COc1ccc(NS(=O)(=O)c2cc([N+](=O)[O-])ccc2N/N=C/c2ccc(F)cc2F)cc1. The molecule has 3 aromatic rings. The average Bonchev–Trinajstić information content (AvgIpc) is 2.75. The van der Waals surface area contributed by atoms with E-state index in [-0.39, 0.29) is 16.9 Å². The van der Waals surface area contributed by atoms with Crippen LogP contribution in [0.3, 0.4) is 0 Å². The molecule has 166 valence electrons. The lowest BCUT2D eigenvalue weighted by molar-refractivity contribution is -0.385. The number of anilines is 2. The second kappa shape index (κ2) is 9.39. The van der Waals surface area contributed by atoms with E-state index >= 15 is 0 Å². The number of nitrogens with zero attached hydrogens (tertiary/aromatic N) is 2. The predicted octanol–water partition coefficient (Wildman–Crippen LogP) is 4.13. The molecule has 3 aromatic carbocycles. The van der Waals surface area contributed by atoms with Crippen LogP contribution in [-0.2, 0) is 10.0 Å². The second-order valence-electron chi connectivity index (χ2n) is 6.31. The molecule has 0 fully saturated rings. The maximum absolute atomic E-state index is 13.7. The Morgan fingerprint density at radius 2 is 1.78 bits per heavy atom. The van der Waals surface area contributed by atoms with E-state index in [1.807, 2.05) is 0 Å². The highest BCUT2D eigenvalue weighted by Crippen LogP contribution is 2.29. The number of rotatable bonds is 8. The summed E-state index contributed by atoms with van der Waals surface area (Å²) in [6, 6.07) is 11.9. The van der Waals surface area contributed by atoms with Crippen molar-refractivity contribution in [3.63, 3.8) is 0 Å². The minimum atomic E-state index is -4.28. The quantitative estimate of drug-likeness (QED) is 0.295. The van der Waals surface area contributed by atoms with Crippen molar-refractivity contribution in [3.8, 4) is 5.75 Å². The molecule has 0 saturated heterocycles. The van der Waals surface area contributed by atoms with Crippen LogP contribution in [0.25, 0.3) is 0 Å². The molecule has 0 spiro atoms. The van der Waals surface area contributed by atoms with Crippen molar-refractivity contribution < 1.29 is 26.9 Å². The van der Waals surface area contributed by atoms with Gasteiger partial charge in [-0.05, 0) is 42.5 Å². The van der Waals surface area contributed by atoms with Gasteiger partial charge in [0.25, 0.3) is 15.7 Å². The summed E-state index contributed by atoms with van der Waals surface area (Å²) in [7, 11) is -2.83. The zero-order chi connectivity index (χ0) is 23.3. The lowest BCUT2D eigenvalue weighted by Crippen LogP contribution is -2.15. The molecular weight excluding hydrogens is 446 g/mol. The van der Waals surface area contributed by atoms with Crippen molar-refractivity contribution in [2.24, 2.45) is 5.10 Å². The van der Waals surface area contributed by atoms with E-state index in [9.17, 15) is 27.3 Å². The Morgan fingerprint density at radius 3 is 2.41 bits per heavy atom. The van der Waals surface area contributed by atoms with Crippen LogP contribution in [0.5, 0.6) is 5.75 Å². The van der Waals surface area contributed by atoms with Crippen LogP contribution < -0.4 is 14.9 Å². The summed E-state index contributed by atoms with van der Waals surface area (Å²) in [5, 5.41) is 14.9. The molecule has 9 nitrogen and oxygen atoms in total. The first-order chi connectivity index (χ1) is 15.2. The van der Waals surface area contributed by atoms with Gasteiger partial charge in [-0.1, -0.05) is 0 Å². The molecule has 0 unspecified atom stereocenters. The summed E-state index contributed by atoms with van der Waals surface area (Å²) in [4.78, 5) is 9.94. The van der Waals surface area contributed by atoms with E-state index in [4.69, 9.17) is 4.74 Å². The Labute approximate surface area is 181 Å². The Bertz CT molecular complexity index is 1280. The predicted molar refractivity (Wildman–Crippen MR) is 114 cm³/mol. The average molecular weight is 462 g/mol. The Balaban J connectivity index is 1.92. The Morgan fingerprint density at radius 1 is 1.06 bits per heavy atom. The van der Waals surface area contributed by atoms with E-state index in [2.05, 4.69) is 15.2 Å². The zero-order valence-corrected chi connectivity index (χ0v) is 17.3. The summed E-state index contributed by atoms with van der Waals surface area (Å²) in [6.45, 7) is 0. The Hall–Kier alpha value is -4.06. The minimum Gasteiger partial charge on any atom is -0.497 e. The van der Waals surface area contributed by atoms with E-state index < -0.39 is 37.2 Å². The van der Waals surface area contributed by atoms with Crippen molar-refractivity contribution in [2.75, 3.05) is 17.3 Å². The number of sulfonamides is 1. The Kier molecular flexibility index (Phi) is 6.64. The highest BCUT2D eigenvalue weighted by atomic mass is 32.2. The van der Waals surface area contributed by atoms with Crippen LogP contribution in [0.2, 0.25) is 0 Å². The van der Waals surface area contributed by atoms with Crippen molar-refractivity contribution >= 4 is 33.3 Å². The van der Waals surface area contributed by atoms with Gasteiger partial charge >= 0.3 is 0 Å². The molecule has 0 aliphatic heterocycles. The molecule has 0 heterocycles. The molecule has 0 bridgehead atoms. The lowest BCUT2D eigenvalue weighted by Gasteiger charge is -2.12. The number of nitrogens with one attached hydrogen (secondary N) is 2. The van der Waals surface area contributed by atoms with Crippen LogP contribution in [0.4, 0.5) is 25.8 Å². The van der Waals surface area contributed by atoms with E-state index in [1.165, 1.54) is 31.4 Å². The lowest BCUT2D eigenvalue weighted by atomic mass is 10.2. The van der Waals surface area contributed by atoms with Crippen LogP contribution >= 0.6 is 0 Å². The fourth-order valence-corrected chi connectivity index (χ4v) is 3.82. The number of hydrazone groups is 1. The van der Waals surface area contributed by atoms with Crippen LogP contribution in [-0.4, -0.2) is 26.7 Å². The fraction of sp³-hybridized carbons (Fsp3) is 0.0500. The smallest absolute Gasteiger partial charge is 0.270 e. The van der Waals surface area contributed by atoms with Gasteiger partial charge in [0.1, 0.15) is 22.3 Å². The maximum atomic E-state index is 13.7. The molecule has 3 rings (SSSR count). The van der Waals surface area contributed by atoms with Gasteiger partial charge in [0, 0.05) is 29.4 Å². The van der Waals surface area contributed by atoms with E-state index in [1.54, 1.807) is 0 Å². The van der Waals surface area contributed by atoms with Gasteiger partial charge in [-0.2, -0.15) is 5.10 Å². The third kappa shape index (κ3) is 5.35. The maximum Gasteiger partial charge on any atom is 0.270 e. The normalized spacial score (nSPS) is 11.3. The van der Waals surface area contributed by atoms with E-state index in [0.717, 1.165) is 36.5 Å². The number of methoxy groups -OCH3 is 1. The fourth-order valence-electron chi connectivity index (χ4n) is 2.59. The number of nitro benzene ring substituents is 1. The van der Waals surface area contributed by atoms with Gasteiger partial charge in [-0.25, -0.2) is 17.2 Å². The largest absolute Gasteiger partial charge is 0.497 e. The monoisotopic (exact) mass is 462 g/mol. The molecule has 0 saturated carbocycles. The third-order valence-corrected chi connectivity index (χ3v) is 5.58. The third-order valence-electron chi connectivity index (χ3n) is 4.16. The van der Waals surface area contributed by atoms with E-state index in [0.29, 0.717) is 11.8 Å². The summed E-state index contributed by atoms with van der Waals surface area (Å²) in [5.41, 5.74) is 2.01. The summed E-state index contributed by atoms with van der Waals surface area (Å²) in [6.07, 6.45) is 1.02. The van der Waals surface area contributed by atoms with Gasteiger partial charge in [-0.15, -0.1) is 0 Å². The topological polar surface area (TPSA) is 123 Å². The van der Waals surface area contributed by atoms with Gasteiger partial charge in [-0.3, -0.25) is 20.3 Å². The highest BCUT2D eigenvalue weighted by molar-refractivity contribution is 7.92. The molecule has 12 heteroatoms. The molecule has 2 N–H and O–H groups in total. The molecule has 32 heavy (non-hydrogen) atoms. The number of nitro groups is 1. The van der Waals surface area contributed by atoms with Crippen molar-refractivity contribution in [1.82, 2.24) is 0 Å². The van der Waals surface area contributed by atoms with Crippen LogP contribution in [0.1, 0.15) is 5.56 Å². The minimum absolute atomic E-state index is 0.0541. The molecule has 0 aliphatic rings. The molecule has 0 aromatic heterocycles. The van der Waals surface area contributed by atoms with Gasteiger partial charge < -0.3 is 4.74 Å². The first-order valence-corrected chi connectivity index (χ1v) is 10.4. The van der Waals surface area contributed by atoms with Gasteiger partial charge in [0.2, 0.25) is 0 Å². The summed E-state index contributed by atoms with van der Waals surface area (Å²) < 4.78 is 59.9. The standard InChI is InChI=1S/C20H16F2N4O5S/c1-31-17-7-4-15(5-8-17)25-32(29,30)20-11-16(26(27)28)6-9-19(20)24-23-12-13-2-3-14(21)10-18(13)22/h2-12,24-25H,1H3/b23-12+. The first kappa shape index (κ1) is 22.6. The summed E-state index contributed by atoms with van der Waals surface area (Å²) >= 11 is 0. The van der Waals surface area contributed by atoms with Crippen LogP contribution in [0.15, 0.2) is 70.7 Å². The van der Waals surface area contributed by atoms with Crippen LogP contribution in [0, 0.1) is 21.7 Å². The molecule has 0 atom stereocenters. The van der Waals surface area contributed by atoms with Crippen molar-refractivity contribution in [2.45, 2.75) is 4.90 Å². The molecule has 0 amide bonds. The number of hydrogen-bond acceptors (Lipinski definition) is 7. The molecule has 0 aliphatic carbocycles. The summed E-state index contributed by atoms with van der Waals surface area (Å²) in [5.74, 6) is -1.12. The number of benzene rings is 3. The molecular formula is C20H16F2N4O5S. The van der Waals surface area contributed by atoms with Gasteiger partial charge in [0.05, 0.1) is 23.9 Å². The van der Waals surface area contributed by atoms with Crippen molar-refractivity contribution in [3.05, 3.63) is 88.0 Å². The second-order valence-corrected chi connectivity index (χ2v) is 7.96. The highest BCUT2D eigenvalue weighted by Gasteiger charge is 2.22. The first-order valence-electron chi connectivity index (χ1n) is 8.89. The number of hydrogen-bond donors (Lipinski definition) is 2. The van der Waals surface area contributed by atoms with Gasteiger partial charge in [0.15, 0.2) is 0 Å². The zero-order valence-electron chi connectivity index (χ0n) is 16.5.